The Morgan fingerprint density at radius 1 is 1.59 bits per heavy atom. The van der Waals surface area contributed by atoms with Gasteiger partial charge in [0.2, 0.25) is 5.91 Å². The zero-order valence-corrected chi connectivity index (χ0v) is 12.0. The van der Waals surface area contributed by atoms with E-state index in [1.807, 2.05) is 6.92 Å². The van der Waals surface area contributed by atoms with Crippen molar-refractivity contribution in [2.45, 2.75) is 19.8 Å². The van der Waals surface area contributed by atoms with Crippen molar-refractivity contribution in [2.24, 2.45) is 11.7 Å². The van der Waals surface area contributed by atoms with E-state index in [2.05, 4.69) is 21.2 Å². The van der Waals surface area contributed by atoms with Crippen LogP contribution in [0.2, 0.25) is 5.02 Å². The molecule has 17 heavy (non-hydrogen) atoms. The molecule has 1 rings (SSSR count). The van der Waals surface area contributed by atoms with Gasteiger partial charge in [-0.15, -0.1) is 0 Å². The third-order valence-corrected chi connectivity index (χ3v) is 3.82. The highest BCUT2D eigenvalue weighted by molar-refractivity contribution is 9.10. The van der Waals surface area contributed by atoms with Crippen molar-refractivity contribution < 1.29 is 4.79 Å². The van der Waals surface area contributed by atoms with Crippen LogP contribution >= 0.6 is 27.5 Å². The summed E-state index contributed by atoms with van der Waals surface area (Å²) in [5, 5.41) is 3.39. The van der Waals surface area contributed by atoms with Gasteiger partial charge in [0, 0.05) is 16.6 Å². The summed E-state index contributed by atoms with van der Waals surface area (Å²) in [6.45, 7) is 2.56. The Balaban J connectivity index is 2.58. The predicted octanol–water partition coefficient (Wildman–Crippen LogP) is 3.42. The summed E-state index contributed by atoms with van der Waals surface area (Å²) >= 11 is 9.24. The number of amides is 1. The minimum absolute atomic E-state index is 0.0271. The molecule has 1 aromatic carbocycles. The van der Waals surface area contributed by atoms with E-state index in [1.165, 1.54) is 0 Å². The number of anilines is 1. The van der Waals surface area contributed by atoms with Crippen LogP contribution in [-0.4, -0.2) is 12.5 Å². The van der Waals surface area contributed by atoms with E-state index < -0.39 is 0 Å². The van der Waals surface area contributed by atoms with E-state index in [0.717, 1.165) is 10.9 Å². The van der Waals surface area contributed by atoms with Gasteiger partial charge < -0.3 is 11.1 Å². The smallest absolute Gasteiger partial charge is 0.224 e. The van der Waals surface area contributed by atoms with Crippen LogP contribution in [-0.2, 0) is 4.79 Å². The molecule has 1 unspecified atom stereocenters. The van der Waals surface area contributed by atoms with Crippen LogP contribution in [0.25, 0.3) is 0 Å². The predicted molar refractivity (Wildman–Crippen MR) is 75.2 cm³/mol. The van der Waals surface area contributed by atoms with Gasteiger partial charge in [-0.1, -0.05) is 24.9 Å². The average Bonchev–Trinajstić information content (AvgIpc) is 2.31. The average molecular weight is 320 g/mol. The van der Waals surface area contributed by atoms with E-state index >= 15 is 0 Å². The molecule has 0 saturated carbocycles. The first-order valence-electron chi connectivity index (χ1n) is 5.51. The third kappa shape index (κ3) is 4.66. The minimum atomic E-state index is -0.0271. The van der Waals surface area contributed by atoms with Gasteiger partial charge in [-0.3, -0.25) is 4.79 Å². The molecule has 3 N–H and O–H groups in total. The first kappa shape index (κ1) is 14.5. The van der Waals surface area contributed by atoms with Crippen LogP contribution in [0.3, 0.4) is 0 Å². The lowest BCUT2D eigenvalue weighted by atomic mass is 10.0. The number of hydrogen-bond acceptors (Lipinski definition) is 2. The summed E-state index contributed by atoms with van der Waals surface area (Å²) in [6, 6.07) is 5.32. The van der Waals surface area contributed by atoms with Crippen LogP contribution in [0.5, 0.6) is 0 Å². The summed E-state index contributed by atoms with van der Waals surface area (Å²) in [6.07, 6.45) is 1.35. The fourth-order valence-electron chi connectivity index (χ4n) is 1.44. The first-order valence-corrected chi connectivity index (χ1v) is 6.68. The fourth-order valence-corrected chi connectivity index (χ4v) is 1.87. The molecule has 0 aliphatic carbocycles. The van der Waals surface area contributed by atoms with Crippen molar-refractivity contribution in [3.63, 3.8) is 0 Å². The Kier molecular flexibility index (Phi) is 5.95. The Hall–Kier alpha value is -0.580. The van der Waals surface area contributed by atoms with Crippen molar-refractivity contribution >= 4 is 39.1 Å². The van der Waals surface area contributed by atoms with Crippen molar-refractivity contribution in [3.05, 3.63) is 27.7 Å². The number of carbonyl (C=O) groups is 1. The van der Waals surface area contributed by atoms with E-state index in [4.69, 9.17) is 17.3 Å². The molecule has 0 aromatic heterocycles. The Labute approximate surface area is 115 Å². The van der Waals surface area contributed by atoms with Gasteiger partial charge in [-0.05, 0) is 46.6 Å². The number of carbonyl (C=O) groups excluding carboxylic acids is 1. The molecule has 0 heterocycles. The van der Waals surface area contributed by atoms with Gasteiger partial charge in [0.05, 0.1) is 5.02 Å². The topological polar surface area (TPSA) is 55.1 Å². The Morgan fingerprint density at radius 3 is 2.82 bits per heavy atom. The lowest BCUT2D eigenvalue weighted by Crippen LogP contribution is -2.21. The molecule has 0 radical (unpaired) electrons. The van der Waals surface area contributed by atoms with Crippen molar-refractivity contribution in [1.82, 2.24) is 0 Å². The number of benzene rings is 1. The number of halogens is 2. The van der Waals surface area contributed by atoms with Gasteiger partial charge in [0.25, 0.3) is 0 Å². The van der Waals surface area contributed by atoms with Crippen molar-refractivity contribution in [1.29, 1.82) is 0 Å². The van der Waals surface area contributed by atoms with Gasteiger partial charge >= 0.3 is 0 Å². The lowest BCUT2D eigenvalue weighted by Gasteiger charge is -2.12. The molecule has 0 aliphatic rings. The van der Waals surface area contributed by atoms with Gasteiger partial charge in [0.1, 0.15) is 0 Å². The van der Waals surface area contributed by atoms with E-state index in [0.29, 0.717) is 23.7 Å². The second-order valence-electron chi connectivity index (χ2n) is 3.89. The van der Waals surface area contributed by atoms with Crippen LogP contribution in [0, 0.1) is 5.92 Å². The normalized spacial score (nSPS) is 12.2. The molecule has 1 aromatic rings. The largest absolute Gasteiger partial charge is 0.330 e. The maximum absolute atomic E-state index is 11.7. The number of rotatable bonds is 5. The highest BCUT2D eigenvalue weighted by atomic mass is 79.9. The van der Waals surface area contributed by atoms with Gasteiger partial charge in [0.15, 0.2) is 0 Å². The van der Waals surface area contributed by atoms with E-state index in [1.54, 1.807) is 18.2 Å². The summed E-state index contributed by atoms with van der Waals surface area (Å²) in [5.41, 5.74) is 6.27. The van der Waals surface area contributed by atoms with Crippen LogP contribution in [0.15, 0.2) is 22.7 Å². The second-order valence-corrected chi connectivity index (χ2v) is 5.15. The summed E-state index contributed by atoms with van der Waals surface area (Å²) < 4.78 is 0.811. The maximum atomic E-state index is 11.7. The van der Waals surface area contributed by atoms with Crippen LogP contribution < -0.4 is 11.1 Å². The summed E-state index contributed by atoms with van der Waals surface area (Å²) in [7, 11) is 0. The Bertz CT molecular complexity index is 394. The molecule has 0 bridgehead atoms. The second kappa shape index (κ2) is 6.99. The third-order valence-electron chi connectivity index (χ3n) is 2.59. The van der Waals surface area contributed by atoms with Crippen LogP contribution in [0.1, 0.15) is 19.8 Å². The van der Waals surface area contributed by atoms with Gasteiger partial charge in [-0.25, -0.2) is 0 Å². The zero-order chi connectivity index (χ0) is 12.8. The molecular weight excluding hydrogens is 304 g/mol. The molecule has 3 nitrogen and oxygen atoms in total. The van der Waals surface area contributed by atoms with E-state index in [9.17, 15) is 4.79 Å². The molecule has 0 aliphatic heterocycles. The summed E-state index contributed by atoms with van der Waals surface area (Å²) in [5.74, 6) is 0.210. The molecule has 5 heteroatoms. The number of hydrogen-bond donors (Lipinski definition) is 2. The van der Waals surface area contributed by atoms with Crippen molar-refractivity contribution in [3.8, 4) is 0 Å². The van der Waals surface area contributed by atoms with E-state index in [-0.39, 0.29) is 11.8 Å². The SMILES string of the molecule is CCC(CN)CC(=O)Nc1ccc(Br)c(Cl)c1. The number of nitrogens with two attached hydrogens (primary N) is 1. The lowest BCUT2D eigenvalue weighted by molar-refractivity contribution is -0.117. The molecule has 1 atom stereocenters. The molecule has 0 saturated heterocycles. The maximum Gasteiger partial charge on any atom is 0.224 e. The monoisotopic (exact) mass is 318 g/mol. The molecular formula is C12H16BrClN2O. The fraction of sp³-hybridized carbons (Fsp3) is 0.417. The minimum Gasteiger partial charge on any atom is -0.330 e. The van der Waals surface area contributed by atoms with Crippen molar-refractivity contribution in [2.75, 3.05) is 11.9 Å². The quantitative estimate of drug-likeness (QED) is 0.873. The molecule has 0 fully saturated rings. The molecule has 1 amide bonds. The summed E-state index contributed by atoms with van der Waals surface area (Å²) in [4.78, 5) is 11.7. The van der Waals surface area contributed by atoms with Crippen LogP contribution in [0.4, 0.5) is 5.69 Å². The molecule has 94 valence electrons. The standard InChI is InChI=1S/C12H16BrClN2O/c1-2-8(7-15)5-12(17)16-9-3-4-10(13)11(14)6-9/h3-4,6,8H,2,5,7,15H2,1H3,(H,16,17). The zero-order valence-electron chi connectivity index (χ0n) is 9.67. The first-order chi connectivity index (χ1) is 8.06. The highest BCUT2D eigenvalue weighted by Gasteiger charge is 2.11. The number of nitrogens with one attached hydrogen (secondary N) is 1. The Morgan fingerprint density at radius 2 is 2.29 bits per heavy atom. The highest BCUT2D eigenvalue weighted by Crippen LogP contribution is 2.25. The molecule has 0 spiro atoms. The van der Waals surface area contributed by atoms with Gasteiger partial charge in [-0.2, -0.15) is 0 Å².